The zero-order valence-corrected chi connectivity index (χ0v) is 12.2. The molecule has 1 aromatic carbocycles. The highest BCUT2D eigenvalue weighted by Crippen LogP contribution is 2.26. The van der Waals surface area contributed by atoms with Crippen molar-refractivity contribution in [3.05, 3.63) is 27.7 Å². The predicted molar refractivity (Wildman–Crippen MR) is 72.7 cm³/mol. The average Bonchev–Trinajstić information content (AvgIpc) is 2.21. The van der Waals surface area contributed by atoms with Crippen LogP contribution in [0.4, 0.5) is 5.69 Å². The minimum atomic E-state index is -3.38. The summed E-state index contributed by atoms with van der Waals surface area (Å²) in [6.45, 7) is 3.57. The third-order valence-electron chi connectivity index (χ3n) is 2.33. The number of aliphatic hydroxyl groups excluding tert-OH is 1. The Bertz CT molecular complexity index is 476. The van der Waals surface area contributed by atoms with Crippen molar-refractivity contribution in [1.82, 2.24) is 0 Å². The number of hydrogen-bond acceptors (Lipinski definition) is 3. The highest BCUT2D eigenvalue weighted by atomic mass is 79.9. The Morgan fingerprint density at radius 2 is 1.82 bits per heavy atom. The van der Waals surface area contributed by atoms with Crippen LogP contribution in [0.1, 0.15) is 17.5 Å². The highest BCUT2D eigenvalue weighted by molar-refractivity contribution is 9.10. The summed E-state index contributed by atoms with van der Waals surface area (Å²) < 4.78 is 26.9. The molecule has 0 bridgehead atoms. The number of rotatable bonds is 5. The molecule has 0 heterocycles. The summed E-state index contributed by atoms with van der Waals surface area (Å²) in [4.78, 5) is 0. The van der Waals surface area contributed by atoms with Gasteiger partial charge in [-0.15, -0.1) is 0 Å². The van der Waals surface area contributed by atoms with Crippen LogP contribution >= 0.6 is 15.9 Å². The zero-order valence-electron chi connectivity index (χ0n) is 9.83. The topological polar surface area (TPSA) is 66.4 Å². The second kappa shape index (κ2) is 5.84. The fraction of sp³-hybridized carbons (Fsp3) is 0.455. The maximum atomic E-state index is 11.7. The van der Waals surface area contributed by atoms with Crippen molar-refractivity contribution < 1.29 is 13.5 Å². The van der Waals surface area contributed by atoms with E-state index < -0.39 is 10.0 Å². The van der Waals surface area contributed by atoms with Gasteiger partial charge < -0.3 is 5.11 Å². The van der Waals surface area contributed by atoms with Crippen molar-refractivity contribution in [3.63, 3.8) is 0 Å². The standard InChI is InChI=1S/C11H16BrNO3S/c1-8-6-10(12)7-9(2)11(8)13-17(15,16)5-3-4-14/h6-7,13-14H,3-5H2,1-2H3. The van der Waals surface area contributed by atoms with Crippen molar-refractivity contribution in [2.24, 2.45) is 0 Å². The molecule has 0 saturated heterocycles. The molecule has 0 aliphatic heterocycles. The first-order valence-electron chi connectivity index (χ1n) is 5.24. The van der Waals surface area contributed by atoms with Crippen LogP contribution in [0.5, 0.6) is 0 Å². The number of halogens is 1. The first-order chi connectivity index (χ1) is 7.85. The van der Waals surface area contributed by atoms with Crippen molar-refractivity contribution in [1.29, 1.82) is 0 Å². The van der Waals surface area contributed by atoms with Gasteiger partial charge in [-0.2, -0.15) is 0 Å². The lowest BCUT2D eigenvalue weighted by Crippen LogP contribution is -2.18. The van der Waals surface area contributed by atoms with Gasteiger partial charge >= 0.3 is 0 Å². The molecule has 0 aromatic heterocycles. The molecule has 1 rings (SSSR count). The highest BCUT2D eigenvalue weighted by Gasteiger charge is 2.13. The van der Waals surface area contributed by atoms with Crippen LogP contribution < -0.4 is 4.72 Å². The lowest BCUT2D eigenvalue weighted by atomic mass is 10.1. The van der Waals surface area contributed by atoms with Gasteiger partial charge in [-0.25, -0.2) is 8.42 Å². The molecule has 0 amide bonds. The zero-order chi connectivity index (χ0) is 13.1. The Hall–Kier alpha value is -0.590. The van der Waals surface area contributed by atoms with Gasteiger partial charge in [0.05, 0.1) is 11.4 Å². The molecule has 2 N–H and O–H groups in total. The number of nitrogens with one attached hydrogen (secondary N) is 1. The van der Waals surface area contributed by atoms with Crippen LogP contribution in [0.25, 0.3) is 0 Å². The Morgan fingerprint density at radius 3 is 2.29 bits per heavy atom. The van der Waals surface area contributed by atoms with Crippen molar-refractivity contribution >= 4 is 31.6 Å². The number of aryl methyl sites for hydroxylation is 2. The molecule has 0 aliphatic carbocycles. The summed E-state index contributed by atoms with van der Waals surface area (Å²) in [5.41, 5.74) is 2.35. The van der Waals surface area contributed by atoms with Crippen LogP contribution in [0.3, 0.4) is 0 Å². The minimum absolute atomic E-state index is 0.0710. The molecule has 6 heteroatoms. The average molecular weight is 322 g/mol. The summed E-state index contributed by atoms with van der Waals surface area (Å²) in [5, 5.41) is 8.64. The quantitative estimate of drug-likeness (QED) is 0.873. The summed E-state index contributed by atoms with van der Waals surface area (Å²) in [7, 11) is -3.38. The first-order valence-corrected chi connectivity index (χ1v) is 7.68. The molecule has 0 atom stereocenters. The normalized spacial score (nSPS) is 11.5. The van der Waals surface area contributed by atoms with Crippen LogP contribution in [0.2, 0.25) is 0 Å². The van der Waals surface area contributed by atoms with E-state index in [1.54, 1.807) is 0 Å². The van der Waals surface area contributed by atoms with E-state index in [9.17, 15) is 8.42 Å². The number of sulfonamides is 1. The summed E-state index contributed by atoms with van der Waals surface area (Å²) in [5.74, 6) is -0.0710. The Balaban J connectivity index is 2.96. The molecule has 4 nitrogen and oxygen atoms in total. The van der Waals surface area contributed by atoms with E-state index in [0.29, 0.717) is 5.69 Å². The Morgan fingerprint density at radius 1 is 1.29 bits per heavy atom. The molecule has 17 heavy (non-hydrogen) atoms. The molecule has 0 radical (unpaired) electrons. The summed E-state index contributed by atoms with van der Waals surface area (Å²) in [6, 6.07) is 3.72. The summed E-state index contributed by atoms with van der Waals surface area (Å²) in [6.07, 6.45) is 0.240. The Kier molecular flexibility index (Phi) is 4.97. The molecule has 1 aromatic rings. The first kappa shape index (κ1) is 14.5. The SMILES string of the molecule is Cc1cc(Br)cc(C)c1NS(=O)(=O)CCCO. The Labute approximate surface area is 110 Å². The monoisotopic (exact) mass is 321 g/mol. The predicted octanol–water partition coefficient (Wildman–Crippen LogP) is 2.19. The lowest BCUT2D eigenvalue weighted by Gasteiger charge is -2.13. The molecular formula is C11H16BrNO3S. The fourth-order valence-electron chi connectivity index (χ4n) is 1.53. The third-order valence-corrected chi connectivity index (χ3v) is 4.13. The summed E-state index contributed by atoms with van der Waals surface area (Å²) >= 11 is 3.36. The number of hydrogen-bond donors (Lipinski definition) is 2. The number of anilines is 1. The lowest BCUT2D eigenvalue weighted by molar-refractivity contribution is 0.295. The molecule has 0 saturated carbocycles. The van der Waals surface area contributed by atoms with Crippen LogP contribution in [-0.2, 0) is 10.0 Å². The van der Waals surface area contributed by atoms with Gasteiger partial charge in [-0.05, 0) is 43.5 Å². The van der Waals surface area contributed by atoms with Crippen LogP contribution in [0.15, 0.2) is 16.6 Å². The minimum Gasteiger partial charge on any atom is -0.396 e. The number of benzene rings is 1. The fourth-order valence-corrected chi connectivity index (χ4v) is 3.46. The van der Waals surface area contributed by atoms with Gasteiger partial charge in [0, 0.05) is 11.1 Å². The van der Waals surface area contributed by atoms with Crippen LogP contribution in [-0.4, -0.2) is 25.9 Å². The number of aliphatic hydroxyl groups is 1. The molecule has 96 valence electrons. The van der Waals surface area contributed by atoms with E-state index in [0.717, 1.165) is 15.6 Å². The van der Waals surface area contributed by atoms with Gasteiger partial charge in [0.15, 0.2) is 0 Å². The van der Waals surface area contributed by atoms with Gasteiger partial charge in [-0.1, -0.05) is 15.9 Å². The van der Waals surface area contributed by atoms with Gasteiger partial charge in [0.1, 0.15) is 0 Å². The maximum Gasteiger partial charge on any atom is 0.232 e. The molecular weight excluding hydrogens is 306 g/mol. The van der Waals surface area contributed by atoms with E-state index >= 15 is 0 Å². The largest absolute Gasteiger partial charge is 0.396 e. The third kappa shape index (κ3) is 4.29. The maximum absolute atomic E-state index is 11.7. The van der Waals surface area contributed by atoms with E-state index in [4.69, 9.17) is 5.11 Å². The van der Waals surface area contributed by atoms with Crippen LogP contribution in [0, 0.1) is 13.8 Å². The van der Waals surface area contributed by atoms with Crippen molar-refractivity contribution in [2.75, 3.05) is 17.1 Å². The van der Waals surface area contributed by atoms with E-state index in [1.165, 1.54) is 0 Å². The van der Waals surface area contributed by atoms with Gasteiger partial charge in [0.2, 0.25) is 10.0 Å². The van der Waals surface area contributed by atoms with E-state index in [1.807, 2.05) is 26.0 Å². The second-order valence-electron chi connectivity index (χ2n) is 3.91. The molecule has 0 aliphatic rings. The van der Waals surface area contributed by atoms with Crippen molar-refractivity contribution in [2.45, 2.75) is 20.3 Å². The van der Waals surface area contributed by atoms with Gasteiger partial charge in [-0.3, -0.25) is 4.72 Å². The van der Waals surface area contributed by atoms with Gasteiger partial charge in [0.25, 0.3) is 0 Å². The molecule has 0 spiro atoms. The van der Waals surface area contributed by atoms with Crippen molar-refractivity contribution in [3.8, 4) is 0 Å². The molecule has 0 fully saturated rings. The second-order valence-corrected chi connectivity index (χ2v) is 6.67. The van der Waals surface area contributed by atoms with E-state index in [-0.39, 0.29) is 18.8 Å². The smallest absolute Gasteiger partial charge is 0.232 e. The van der Waals surface area contributed by atoms with E-state index in [2.05, 4.69) is 20.7 Å². The molecule has 0 unspecified atom stereocenters.